The Morgan fingerprint density at radius 3 is 2.81 bits per heavy atom. The molecule has 3 rings (SSSR count). The molecule has 2 aliphatic heterocycles. The lowest BCUT2D eigenvalue weighted by Gasteiger charge is -2.35. The largest absolute Gasteiger partial charge is 0.494 e. The number of nitrogens with zero attached hydrogens (tertiary/aromatic N) is 2. The lowest BCUT2D eigenvalue weighted by Crippen LogP contribution is -2.51. The fourth-order valence-corrected chi connectivity index (χ4v) is 3.70. The molecule has 5 nitrogen and oxygen atoms in total. The van der Waals surface area contributed by atoms with Gasteiger partial charge in [-0.3, -0.25) is 9.69 Å². The van der Waals surface area contributed by atoms with Crippen molar-refractivity contribution in [1.29, 1.82) is 0 Å². The summed E-state index contributed by atoms with van der Waals surface area (Å²) in [6.45, 7) is 11.5. The zero-order valence-corrected chi connectivity index (χ0v) is 15.8. The molecule has 2 heterocycles. The maximum atomic E-state index is 12.4. The first-order chi connectivity index (χ1) is 12.7. The van der Waals surface area contributed by atoms with Crippen LogP contribution >= 0.6 is 0 Å². The van der Waals surface area contributed by atoms with E-state index in [1.165, 1.54) is 11.1 Å². The standard InChI is InChI=1S/C21H30N2O3/c1-3-6-18-15-17(8-9-19(18)25-4-2)16-22-10-12-23(13-11-22)21(24)20-7-5-14-26-20/h3,8-9,15,20H,1,4-7,10-14,16H2,2H3/t20-/m1/s1. The Balaban J connectivity index is 1.54. The Morgan fingerprint density at radius 1 is 1.35 bits per heavy atom. The molecule has 2 aliphatic rings. The van der Waals surface area contributed by atoms with Crippen LogP contribution in [-0.2, 0) is 22.5 Å². The number of rotatable bonds is 7. The van der Waals surface area contributed by atoms with Gasteiger partial charge in [-0.05, 0) is 43.4 Å². The molecule has 0 spiro atoms. The van der Waals surface area contributed by atoms with E-state index in [4.69, 9.17) is 9.47 Å². The van der Waals surface area contributed by atoms with Crippen LogP contribution in [0.3, 0.4) is 0 Å². The first-order valence-electron chi connectivity index (χ1n) is 9.69. The predicted octanol–water partition coefficient (Wildman–Crippen LogP) is 2.64. The van der Waals surface area contributed by atoms with Crippen LogP contribution in [0.1, 0.15) is 30.9 Å². The Morgan fingerprint density at radius 2 is 2.15 bits per heavy atom. The zero-order chi connectivity index (χ0) is 18.4. The summed E-state index contributed by atoms with van der Waals surface area (Å²) in [5, 5.41) is 0. The molecule has 5 heteroatoms. The van der Waals surface area contributed by atoms with Crippen molar-refractivity contribution in [2.45, 2.75) is 38.8 Å². The normalized spacial score (nSPS) is 21.0. The fourth-order valence-electron chi connectivity index (χ4n) is 3.70. The molecular weight excluding hydrogens is 328 g/mol. The molecule has 0 aliphatic carbocycles. The van der Waals surface area contributed by atoms with Crippen LogP contribution in [0, 0.1) is 0 Å². The maximum absolute atomic E-state index is 12.4. The van der Waals surface area contributed by atoms with Crippen LogP contribution in [-0.4, -0.2) is 61.2 Å². The molecule has 1 atom stereocenters. The minimum Gasteiger partial charge on any atom is -0.494 e. The van der Waals surface area contributed by atoms with Gasteiger partial charge in [-0.25, -0.2) is 0 Å². The summed E-state index contributed by atoms with van der Waals surface area (Å²) in [5.41, 5.74) is 2.47. The lowest BCUT2D eigenvalue weighted by atomic mass is 10.1. The molecule has 0 aromatic heterocycles. The quantitative estimate of drug-likeness (QED) is 0.703. The van der Waals surface area contributed by atoms with Gasteiger partial charge in [-0.1, -0.05) is 18.2 Å². The topological polar surface area (TPSA) is 42.0 Å². The van der Waals surface area contributed by atoms with E-state index in [1.807, 2.05) is 17.9 Å². The SMILES string of the molecule is C=CCc1cc(CN2CCN(C(=O)[C@H]3CCCO3)CC2)ccc1OCC. The lowest BCUT2D eigenvalue weighted by molar-refractivity contribution is -0.142. The van der Waals surface area contributed by atoms with Crippen molar-refractivity contribution in [3.8, 4) is 5.75 Å². The summed E-state index contributed by atoms with van der Waals surface area (Å²) < 4.78 is 11.2. The Labute approximate surface area is 156 Å². The first kappa shape index (κ1) is 18.9. The molecule has 0 unspecified atom stereocenters. The average Bonchev–Trinajstić information content (AvgIpc) is 3.19. The Bertz CT molecular complexity index is 618. The summed E-state index contributed by atoms with van der Waals surface area (Å²) >= 11 is 0. The molecular formula is C21H30N2O3. The summed E-state index contributed by atoms with van der Waals surface area (Å²) in [6, 6.07) is 6.42. The van der Waals surface area contributed by atoms with Crippen LogP contribution in [0.2, 0.25) is 0 Å². The van der Waals surface area contributed by atoms with Crippen molar-refractivity contribution in [2.75, 3.05) is 39.4 Å². The van der Waals surface area contributed by atoms with Crippen molar-refractivity contribution in [1.82, 2.24) is 9.80 Å². The number of amides is 1. The molecule has 1 amide bonds. The van der Waals surface area contributed by atoms with Crippen molar-refractivity contribution in [2.24, 2.45) is 0 Å². The van der Waals surface area contributed by atoms with Crippen molar-refractivity contribution >= 4 is 5.91 Å². The van der Waals surface area contributed by atoms with Crippen LogP contribution in [0.25, 0.3) is 0 Å². The third-order valence-electron chi connectivity index (χ3n) is 5.08. The second-order valence-corrected chi connectivity index (χ2v) is 6.97. The van der Waals surface area contributed by atoms with Crippen LogP contribution in [0.15, 0.2) is 30.9 Å². The minimum absolute atomic E-state index is 0.177. The smallest absolute Gasteiger partial charge is 0.251 e. The highest BCUT2D eigenvalue weighted by atomic mass is 16.5. The highest BCUT2D eigenvalue weighted by Gasteiger charge is 2.30. The third-order valence-corrected chi connectivity index (χ3v) is 5.08. The van der Waals surface area contributed by atoms with Crippen LogP contribution in [0.5, 0.6) is 5.75 Å². The summed E-state index contributed by atoms with van der Waals surface area (Å²) in [5.74, 6) is 1.12. The van der Waals surface area contributed by atoms with Gasteiger partial charge in [0.05, 0.1) is 6.61 Å². The highest BCUT2D eigenvalue weighted by molar-refractivity contribution is 5.81. The second-order valence-electron chi connectivity index (χ2n) is 6.97. The van der Waals surface area contributed by atoms with Gasteiger partial charge in [0.2, 0.25) is 0 Å². The van der Waals surface area contributed by atoms with Crippen molar-refractivity contribution < 1.29 is 14.3 Å². The molecule has 0 radical (unpaired) electrons. The number of allylic oxidation sites excluding steroid dienone is 1. The summed E-state index contributed by atoms with van der Waals surface area (Å²) in [4.78, 5) is 16.8. The molecule has 2 saturated heterocycles. The highest BCUT2D eigenvalue weighted by Crippen LogP contribution is 2.23. The molecule has 26 heavy (non-hydrogen) atoms. The number of carbonyl (C=O) groups excluding carboxylic acids is 1. The van der Waals surface area contributed by atoms with Crippen LogP contribution in [0.4, 0.5) is 0 Å². The number of piperazine rings is 1. The van der Waals surface area contributed by atoms with E-state index >= 15 is 0 Å². The number of benzene rings is 1. The molecule has 0 saturated carbocycles. The fraction of sp³-hybridized carbons (Fsp3) is 0.571. The van der Waals surface area contributed by atoms with E-state index in [-0.39, 0.29) is 12.0 Å². The van der Waals surface area contributed by atoms with E-state index in [0.717, 1.165) is 64.3 Å². The molecule has 142 valence electrons. The van der Waals surface area contributed by atoms with E-state index in [0.29, 0.717) is 6.61 Å². The average molecular weight is 358 g/mol. The number of hydrogen-bond acceptors (Lipinski definition) is 4. The number of carbonyl (C=O) groups is 1. The molecule has 1 aromatic carbocycles. The van der Waals surface area contributed by atoms with Crippen LogP contribution < -0.4 is 4.74 Å². The van der Waals surface area contributed by atoms with E-state index in [2.05, 4.69) is 29.7 Å². The van der Waals surface area contributed by atoms with Gasteiger partial charge in [0.25, 0.3) is 5.91 Å². The molecule has 0 N–H and O–H groups in total. The van der Waals surface area contributed by atoms with Gasteiger partial charge in [0.1, 0.15) is 11.9 Å². The van der Waals surface area contributed by atoms with Gasteiger partial charge >= 0.3 is 0 Å². The third kappa shape index (κ3) is 4.65. The zero-order valence-electron chi connectivity index (χ0n) is 15.8. The number of ether oxygens (including phenoxy) is 2. The monoisotopic (exact) mass is 358 g/mol. The van der Waals surface area contributed by atoms with E-state index < -0.39 is 0 Å². The predicted molar refractivity (Wildman–Crippen MR) is 102 cm³/mol. The second kappa shape index (κ2) is 9.19. The van der Waals surface area contributed by atoms with Gasteiger partial charge in [0, 0.05) is 39.3 Å². The van der Waals surface area contributed by atoms with Gasteiger partial charge in [-0.2, -0.15) is 0 Å². The van der Waals surface area contributed by atoms with Gasteiger partial charge < -0.3 is 14.4 Å². The first-order valence-corrected chi connectivity index (χ1v) is 9.69. The van der Waals surface area contributed by atoms with Crippen molar-refractivity contribution in [3.63, 3.8) is 0 Å². The van der Waals surface area contributed by atoms with E-state index in [1.54, 1.807) is 0 Å². The van der Waals surface area contributed by atoms with Gasteiger partial charge in [-0.15, -0.1) is 6.58 Å². The maximum Gasteiger partial charge on any atom is 0.251 e. The van der Waals surface area contributed by atoms with E-state index in [9.17, 15) is 4.79 Å². The summed E-state index contributed by atoms with van der Waals surface area (Å²) in [7, 11) is 0. The number of hydrogen-bond donors (Lipinski definition) is 0. The molecule has 0 bridgehead atoms. The molecule has 2 fully saturated rings. The molecule has 1 aromatic rings. The van der Waals surface area contributed by atoms with Gasteiger partial charge in [0.15, 0.2) is 0 Å². The van der Waals surface area contributed by atoms with Crippen molar-refractivity contribution in [3.05, 3.63) is 42.0 Å². The minimum atomic E-state index is -0.200. The Hall–Kier alpha value is -1.85. The summed E-state index contributed by atoms with van der Waals surface area (Å²) in [6.07, 6.45) is 4.40. The Kier molecular flexibility index (Phi) is 6.69.